The maximum Gasteiger partial charge on any atom is 0.0467 e. The normalized spacial score (nSPS) is 14.0. The number of fused-ring (bicyclic) bond motifs is 3. The fourth-order valence-electron chi connectivity index (χ4n) is 5.00. The van der Waals surface area contributed by atoms with Crippen LogP contribution in [0.2, 0.25) is 0 Å². The summed E-state index contributed by atoms with van der Waals surface area (Å²) in [6.07, 6.45) is 0. The lowest BCUT2D eigenvalue weighted by molar-refractivity contribution is 0.590. The molecule has 0 radical (unpaired) electrons. The van der Waals surface area contributed by atoms with Crippen molar-refractivity contribution >= 4 is 11.4 Å². The molecule has 1 nitrogen and oxygen atoms in total. The van der Waals surface area contributed by atoms with Gasteiger partial charge in [-0.05, 0) is 45.4 Å². The van der Waals surface area contributed by atoms with Gasteiger partial charge >= 0.3 is 0 Å². The van der Waals surface area contributed by atoms with Gasteiger partial charge in [0.1, 0.15) is 0 Å². The van der Waals surface area contributed by atoms with Gasteiger partial charge in [0.05, 0.1) is 0 Å². The van der Waals surface area contributed by atoms with Gasteiger partial charge in [-0.25, -0.2) is 0 Å². The maximum absolute atomic E-state index is 3.79. The van der Waals surface area contributed by atoms with Gasteiger partial charge in [-0.15, -0.1) is 0 Å². The summed E-state index contributed by atoms with van der Waals surface area (Å²) in [4.78, 5) is 0. The summed E-state index contributed by atoms with van der Waals surface area (Å²) in [6, 6.07) is 33.1. The summed E-state index contributed by atoms with van der Waals surface area (Å²) >= 11 is 0. The Balaban J connectivity index is 1.58. The van der Waals surface area contributed by atoms with Gasteiger partial charge in [0, 0.05) is 27.9 Å². The van der Waals surface area contributed by atoms with Gasteiger partial charge in [0.25, 0.3) is 0 Å². The lowest BCUT2D eigenvalue weighted by Crippen LogP contribution is -2.14. The van der Waals surface area contributed by atoms with Crippen molar-refractivity contribution in [3.63, 3.8) is 0 Å². The Hall–Kier alpha value is -3.32. The zero-order valence-electron chi connectivity index (χ0n) is 19.7. The number of benzene rings is 4. The molecule has 0 spiro atoms. The van der Waals surface area contributed by atoms with E-state index in [0.717, 1.165) is 5.69 Å². The first kappa shape index (κ1) is 20.6. The van der Waals surface area contributed by atoms with Gasteiger partial charge in [0.15, 0.2) is 0 Å². The largest absolute Gasteiger partial charge is 0.355 e. The van der Waals surface area contributed by atoms with Crippen LogP contribution < -0.4 is 5.32 Å². The fourth-order valence-corrected chi connectivity index (χ4v) is 5.00. The van der Waals surface area contributed by atoms with E-state index < -0.39 is 0 Å². The fraction of sp³-hybridized carbons (Fsp3) is 0.226. The van der Waals surface area contributed by atoms with Crippen LogP contribution >= 0.6 is 0 Å². The predicted octanol–water partition coefficient (Wildman–Crippen LogP) is 8.70. The highest BCUT2D eigenvalue weighted by atomic mass is 14.9. The Morgan fingerprint density at radius 1 is 0.594 bits per heavy atom. The van der Waals surface area contributed by atoms with Crippen molar-refractivity contribution in [1.82, 2.24) is 0 Å². The number of hydrogen-bond acceptors (Lipinski definition) is 1. The van der Waals surface area contributed by atoms with Crippen molar-refractivity contribution in [3.05, 3.63) is 108 Å². The number of anilines is 2. The Bertz CT molecular complexity index is 1290. The second-order valence-corrected chi connectivity index (χ2v) is 10.4. The van der Waals surface area contributed by atoms with Crippen molar-refractivity contribution in [3.8, 4) is 22.3 Å². The molecule has 32 heavy (non-hydrogen) atoms. The molecular weight excluding hydrogens is 386 g/mol. The minimum Gasteiger partial charge on any atom is -0.355 e. The Morgan fingerprint density at radius 2 is 1.19 bits per heavy atom. The van der Waals surface area contributed by atoms with Crippen LogP contribution in [0, 0.1) is 0 Å². The molecule has 0 amide bonds. The van der Waals surface area contributed by atoms with E-state index in [9.17, 15) is 0 Å². The molecule has 0 saturated carbocycles. The molecule has 0 atom stereocenters. The van der Waals surface area contributed by atoms with E-state index in [1.54, 1.807) is 0 Å². The molecule has 0 fully saturated rings. The molecule has 1 aliphatic rings. The molecule has 0 heterocycles. The molecule has 1 N–H and O–H groups in total. The van der Waals surface area contributed by atoms with Crippen LogP contribution in [0.1, 0.15) is 51.3 Å². The van der Waals surface area contributed by atoms with E-state index in [4.69, 9.17) is 0 Å². The van der Waals surface area contributed by atoms with Crippen molar-refractivity contribution < 1.29 is 0 Å². The van der Waals surface area contributed by atoms with Crippen molar-refractivity contribution in [2.75, 3.05) is 5.32 Å². The topological polar surface area (TPSA) is 12.0 Å². The average molecular weight is 418 g/mol. The van der Waals surface area contributed by atoms with Crippen molar-refractivity contribution in [2.45, 2.75) is 45.4 Å². The van der Waals surface area contributed by atoms with Gasteiger partial charge in [-0.3, -0.25) is 0 Å². The van der Waals surface area contributed by atoms with E-state index in [1.165, 1.54) is 44.6 Å². The standard InChI is InChI=1S/C31H31N/c1-30(2,3)22-19-17-21(18-20-22)23-11-7-9-15-27(23)32-28-16-10-14-26-29(28)24-12-6-8-13-25(24)31(26,4)5/h6-20,32H,1-5H3. The molecule has 160 valence electrons. The molecule has 4 aromatic carbocycles. The Labute approximate surface area is 192 Å². The summed E-state index contributed by atoms with van der Waals surface area (Å²) in [5, 5.41) is 3.79. The Kier molecular flexibility index (Phi) is 4.74. The third-order valence-electron chi connectivity index (χ3n) is 6.87. The van der Waals surface area contributed by atoms with Crippen molar-refractivity contribution in [1.29, 1.82) is 0 Å². The van der Waals surface area contributed by atoms with E-state index in [2.05, 4.69) is 131 Å². The van der Waals surface area contributed by atoms with E-state index in [1.807, 2.05) is 0 Å². The van der Waals surface area contributed by atoms with E-state index >= 15 is 0 Å². The molecule has 0 bridgehead atoms. The lowest BCUT2D eigenvalue weighted by atomic mass is 9.82. The van der Waals surface area contributed by atoms with Crippen molar-refractivity contribution in [2.24, 2.45) is 0 Å². The minimum absolute atomic E-state index is 0.00587. The second-order valence-electron chi connectivity index (χ2n) is 10.4. The average Bonchev–Trinajstić information content (AvgIpc) is 3.02. The lowest BCUT2D eigenvalue weighted by Gasteiger charge is -2.22. The van der Waals surface area contributed by atoms with Crippen LogP contribution in [0.25, 0.3) is 22.3 Å². The molecule has 0 unspecified atom stereocenters. The first-order chi connectivity index (χ1) is 15.3. The van der Waals surface area contributed by atoms with E-state index in [0.29, 0.717) is 0 Å². The first-order valence-corrected chi connectivity index (χ1v) is 11.5. The van der Waals surface area contributed by atoms with Gasteiger partial charge < -0.3 is 5.32 Å². The monoisotopic (exact) mass is 417 g/mol. The zero-order valence-corrected chi connectivity index (χ0v) is 19.7. The van der Waals surface area contributed by atoms with Crippen LogP contribution in [0.5, 0.6) is 0 Å². The summed E-state index contributed by atoms with van der Waals surface area (Å²) in [5.74, 6) is 0. The predicted molar refractivity (Wildman–Crippen MR) is 138 cm³/mol. The Morgan fingerprint density at radius 3 is 1.91 bits per heavy atom. The molecule has 0 saturated heterocycles. The molecule has 5 rings (SSSR count). The molecule has 1 heteroatoms. The highest BCUT2D eigenvalue weighted by Crippen LogP contribution is 2.51. The maximum atomic E-state index is 3.79. The SMILES string of the molecule is CC(C)(C)c1ccc(-c2ccccc2Nc2cccc3c2-c2ccccc2C3(C)C)cc1. The summed E-state index contributed by atoms with van der Waals surface area (Å²) in [7, 11) is 0. The van der Waals surface area contributed by atoms with Gasteiger partial charge in [0.2, 0.25) is 0 Å². The smallest absolute Gasteiger partial charge is 0.0467 e. The quantitative estimate of drug-likeness (QED) is 0.351. The number of hydrogen-bond donors (Lipinski definition) is 1. The van der Waals surface area contributed by atoms with Crippen LogP contribution in [0.4, 0.5) is 11.4 Å². The number of nitrogens with one attached hydrogen (secondary N) is 1. The molecular formula is C31H31N. The molecule has 1 aliphatic carbocycles. The van der Waals surface area contributed by atoms with Gasteiger partial charge in [-0.2, -0.15) is 0 Å². The van der Waals surface area contributed by atoms with Crippen LogP contribution in [-0.2, 0) is 10.8 Å². The molecule has 4 aromatic rings. The first-order valence-electron chi connectivity index (χ1n) is 11.5. The third kappa shape index (κ3) is 3.33. The minimum atomic E-state index is 0.00587. The summed E-state index contributed by atoms with van der Waals surface area (Å²) < 4.78 is 0. The van der Waals surface area contributed by atoms with Crippen LogP contribution in [0.3, 0.4) is 0 Å². The van der Waals surface area contributed by atoms with E-state index in [-0.39, 0.29) is 10.8 Å². The number of para-hydroxylation sites is 1. The third-order valence-corrected chi connectivity index (χ3v) is 6.87. The van der Waals surface area contributed by atoms with Crippen LogP contribution in [0.15, 0.2) is 91.0 Å². The summed E-state index contributed by atoms with van der Waals surface area (Å²) in [6.45, 7) is 11.4. The second kappa shape index (κ2) is 7.38. The summed E-state index contributed by atoms with van der Waals surface area (Å²) in [5.41, 5.74) is 11.7. The zero-order chi connectivity index (χ0) is 22.5. The highest BCUT2D eigenvalue weighted by molar-refractivity contribution is 5.93. The number of rotatable bonds is 3. The highest BCUT2D eigenvalue weighted by Gasteiger charge is 2.36. The molecule has 0 aliphatic heterocycles. The van der Waals surface area contributed by atoms with Crippen LogP contribution in [-0.4, -0.2) is 0 Å². The molecule has 0 aromatic heterocycles. The van der Waals surface area contributed by atoms with Gasteiger partial charge in [-0.1, -0.05) is 113 Å².